The molecule has 0 aliphatic carbocycles. The number of carbonyl (C=O) groups is 1. The Bertz CT molecular complexity index is 1410. The lowest BCUT2D eigenvalue weighted by atomic mass is 10.1. The van der Waals surface area contributed by atoms with Gasteiger partial charge in [0.15, 0.2) is 17.5 Å². The minimum atomic E-state index is -1.77. The van der Waals surface area contributed by atoms with Crippen LogP contribution in [0.4, 0.5) is 23.2 Å². The molecule has 0 saturated carbocycles. The van der Waals surface area contributed by atoms with Crippen LogP contribution in [0, 0.1) is 30.2 Å². The van der Waals surface area contributed by atoms with Gasteiger partial charge in [-0.15, -0.1) is 0 Å². The summed E-state index contributed by atoms with van der Waals surface area (Å²) in [6, 6.07) is 12.3. The van der Waals surface area contributed by atoms with Crippen molar-refractivity contribution in [3.63, 3.8) is 0 Å². The molecule has 35 heavy (non-hydrogen) atoms. The number of anilines is 1. The quantitative estimate of drug-likeness (QED) is 0.183. The van der Waals surface area contributed by atoms with E-state index in [1.165, 1.54) is 12.4 Å². The highest BCUT2D eigenvalue weighted by Crippen LogP contribution is 2.23. The van der Waals surface area contributed by atoms with Crippen molar-refractivity contribution < 1.29 is 27.1 Å². The Labute approximate surface area is 202 Å². The zero-order valence-corrected chi connectivity index (χ0v) is 19.0. The van der Waals surface area contributed by atoms with Gasteiger partial charge < -0.3 is 10.1 Å². The second-order valence-corrected chi connectivity index (χ2v) is 8.16. The van der Waals surface area contributed by atoms with E-state index in [4.69, 9.17) is 16.3 Å². The molecule has 0 aliphatic rings. The third-order valence-corrected chi connectivity index (χ3v) is 5.38. The van der Waals surface area contributed by atoms with Crippen LogP contribution in [0.25, 0.3) is 0 Å². The van der Waals surface area contributed by atoms with Crippen molar-refractivity contribution in [2.45, 2.75) is 20.1 Å². The van der Waals surface area contributed by atoms with Gasteiger partial charge in [0.1, 0.15) is 18.2 Å². The molecule has 4 aromatic rings. The summed E-state index contributed by atoms with van der Waals surface area (Å²) in [6.07, 6.45) is 2.58. The zero-order valence-electron chi connectivity index (χ0n) is 18.3. The largest absolute Gasteiger partial charge is 0.489 e. The minimum absolute atomic E-state index is 0.229. The molecule has 180 valence electrons. The first-order chi connectivity index (χ1) is 16.7. The number of hydrogen-bond donors (Lipinski definition) is 1. The van der Waals surface area contributed by atoms with Crippen LogP contribution < -0.4 is 10.1 Å². The van der Waals surface area contributed by atoms with Crippen LogP contribution in [0.15, 0.2) is 60.9 Å². The lowest BCUT2D eigenvalue weighted by molar-refractivity contribution is 0.102. The molecule has 5 nitrogen and oxygen atoms in total. The highest BCUT2D eigenvalue weighted by Gasteiger charge is 2.19. The molecule has 0 aliphatic heterocycles. The standard InChI is InChI=1S/C25H18ClF4N3O2/c1-14-7-17(26)5-6-22(14)35-13-15-3-2-4-16(8-15)25(34)32-18-10-31-33(11-18)12-19-20(27)9-21(28)24(30)23(19)29/h2-11H,12-13H2,1H3,(H,32,34). The second kappa shape index (κ2) is 10.2. The molecule has 1 heterocycles. The van der Waals surface area contributed by atoms with E-state index in [-0.39, 0.29) is 18.4 Å². The van der Waals surface area contributed by atoms with E-state index in [0.717, 1.165) is 15.8 Å². The van der Waals surface area contributed by atoms with Crippen LogP contribution in [0.5, 0.6) is 5.75 Å². The van der Waals surface area contributed by atoms with Gasteiger partial charge in [0.25, 0.3) is 5.91 Å². The van der Waals surface area contributed by atoms with E-state index in [2.05, 4.69) is 10.4 Å². The number of benzene rings is 3. The maximum Gasteiger partial charge on any atom is 0.255 e. The molecule has 4 rings (SSSR count). The molecule has 0 atom stereocenters. The number of nitrogens with one attached hydrogen (secondary N) is 1. The van der Waals surface area contributed by atoms with Crippen molar-refractivity contribution in [3.05, 3.63) is 111 Å². The monoisotopic (exact) mass is 503 g/mol. The summed E-state index contributed by atoms with van der Waals surface area (Å²) in [5, 5.41) is 7.15. The SMILES string of the molecule is Cc1cc(Cl)ccc1OCc1cccc(C(=O)Nc2cnn(Cc3c(F)cc(F)c(F)c3F)c2)c1. The summed E-state index contributed by atoms with van der Waals surface area (Å²) in [5.74, 6) is -6.03. The highest BCUT2D eigenvalue weighted by molar-refractivity contribution is 6.30. The Hall–Kier alpha value is -3.85. The predicted molar refractivity (Wildman–Crippen MR) is 123 cm³/mol. The van der Waals surface area contributed by atoms with Crippen LogP contribution in [0.3, 0.4) is 0 Å². The average molecular weight is 504 g/mol. The normalized spacial score (nSPS) is 10.9. The molecule has 1 amide bonds. The summed E-state index contributed by atoms with van der Waals surface area (Å²) >= 11 is 5.96. The van der Waals surface area contributed by atoms with Crippen molar-refractivity contribution in [2.75, 3.05) is 5.32 Å². The van der Waals surface area contributed by atoms with Crippen molar-refractivity contribution in [2.24, 2.45) is 0 Å². The lowest BCUT2D eigenvalue weighted by Crippen LogP contribution is -2.12. The van der Waals surface area contributed by atoms with Crippen LogP contribution >= 0.6 is 11.6 Å². The maximum atomic E-state index is 13.9. The Morgan fingerprint density at radius 3 is 2.63 bits per heavy atom. The summed E-state index contributed by atoms with van der Waals surface area (Å²) in [5.41, 5.74) is 1.55. The molecule has 0 radical (unpaired) electrons. The zero-order chi connectivity index (χ0) is 25.1. The van der Waals surface area contributed by atoms with Crippen LogP contribution in [0.2, 0.25) is 5.02 Å². The van der Waals surface area contributed by atoms with Crippen molar-refractivity contribution in [1.82, 2.24) is 9.78 Å². The number of amides is 1. The average Bonchev–Trinajstić information content (AvgIpc) is 3.27. The predicted octanol–water partition coefficient (Wildman–Crippen LogP) is 6.28. The van der Waals surface area contributed by atoms with E-state index in [9.17, 15) is 22.4 Å². The number of carbonyl (C=O) groups excluding carboxylic acids is 1. The van der Waals surface area contributed by atoms with Crippen molar-refractivity contribution in [1.29, 1.82) is 0 Å². The molecule has 1 aromatic heterocycles. The molecule has 3 aromatic carbocycles. The van der Waals surface area contributed by atoms with Gasteiger partial charge in [0, 0.05) is 28.4 Å². The van der Waals surface area contributed by atoms with Crippen LogP contribution in [-0.4, -0.2) is 15.7 Å². The Morgan fingerprint density at radius 2 is 1.86 bits per heavy atom. The van der Waals surface area contributed by atoms with Gasteiger partial charge in [-0.3, -0.25) is 9.48 Å². The molecule has 0 fully saturated rings. The third-order valence-electron chi connectivity index (χ3n) is 5.14. The van der Waals surface area contributed by atoms with E-state index in [0.29, 0.717) is 16.3 Å². The number of hydrogen-bond acceptors (Lipinski definition) is 3. The Kier molecular flexibility index (Phi) is 7.07. The van der Waals surface area contributed by atoms with E-state index >= 15 is 0 Å². The highest BCUT2D eigenvalue weighted by atomic mass is 35.5. The summed E-state index contributed by atoms with van der Waals surface area (Å²) in [6.45, 7) is 1.61. The number of rotatable bonds is 7. The molecule has 1 N–H and O–H groups in total. The molecule has 10 heteroatoms. The smallest absolute Gasteiger partial charge is 0.255 e. The number of halogens is 5. The number of nitrogens with zero attached hydrogens (tertiary/aromatic N) is 2. The van der Waals surface area contributed by atoms with Gasteiger partial charge in [-0.05, 0) is 48.4 Å². The molecule has 0 saturated heterocycles. The summed E-state index contributed by atoms with van der Waals surface area (Å²) in [7, 11) is 0. The first kappa shape index (κ1) is 24.3. The molecule has 0 bridgehead atoms. The van der Waals surface area contributed by atoms with Gasteiger partial charge in [-0.1, -0.05) is 23.7 Å². The van der Waals surface area contributed by atoms with Gasteiger partial charge in [-0.25, -0.2) is 17.6 Å². The van der Waals surface area contributed by atoms with Crippen molar-refractivity contribution in [3.8, 4) is 5.75 Å². The topological polar surface area (TPSA) is 56.1 Å². The minimum Gasteiger partial charge on any atom is -0.489 e. The van der Waals surface area contributed by atoms with E-state index in [1.54, 1.807) is 36.4 Å². The molecular formula is C25H18ClF4N3O2. The summed E-state index contributed by atoms with van der Waals surface area (Å²) < 4.78 is 61.3. The fourth-order valence-electron chi connectivity index (χ4n) is 3.37. The van der Waals surface area contributed by atoms with E-state index in [1.807, 2.05) is 13.0 Å². The van der Waals surface area contributed by atoms with Crippen LogP contribution in [-0.2, 0) is 13.2 Å². The molecule has 0 unspecified atom stereocenters. The lowest BCUT2D eigenvalue weighted by Gasteiger charge is -2.10. The van der Waals surface area contributed by atoms with Crippen molar-refractivity contribution >= 4 is 23.2 Å². The summed E-state index contributed by atoms with van der Waals surface area (Å²) in [4.78, 5) is 12.7. The molecule has 0 spiro atoms. The van der Waals surface area contributed by atoms with Gasteiger partial charge >= 0.3 is 0 Å². The second-order valence-electron chi connectivity index (χ2n) is 7.73. The molecular weight excluding hydrogens is 486 g/mol. The van der Waals surface area contributed by atoms with Crippen LogP contribution in [0.1, 0.15) is 27.0 Å². The van der Waals surface area contributed by atoms with Gasteiger partial charge in [0.05, 0.1) is 18.4 Å². The van der Waals surface area contributed by atoms with Gasteiger partial charge in [-0.2, -0.15) is 5.10 Å². The Morgan fingerprint density at radius 1 is 1.06 bits per heavy atom. The number of aryl methyl sites for hydroxylation is 1. The fraction of sp³-hybridized carbons (Fsp3) is 0.120. The first-order valence-corrected chi connectivity index (χ1v) is 10.7. The third kappa shape index (κ3) is 5.63. The van der Waals surface area contributed by atoms with Gasteiger partial charge in [0.2, 0.25) is 0 Å². The number of ether oxygens (including phenoxy) is 1. The van der Waals surface area contributed by atoms with E-state index < -0.39 is 41.3 Å². The Balaban J connectivity index is 1.41. The first-order valence-electron chi connectivity index (χ1n) is 10.3. The maximum absolute atomic E-state index is 13.9. The fourth-order valence-corrected chi connectivity index (χ4v) is 3.59. The number of aromatic nitrogens is 2.